The molecule has 0 aliphatic carbocycles. The quantitative estimate of drug-likeness (QED) is 0.0224. The zero-order valence-electron chi connectivity index (χ0n) is 30.5. The first-order valence-corrected chi connectivity index (χ1v) is 20.2. The summed E-state index contributed by atoms with van der Waals surface area (Å²) in [6.07, 6.45) is 36.1. The van der Waals surface area contributed by atoms with E-state index in [-0.39, 0.29) is 49.0 Å². The van der Waals surface area contributed by atoms with Gasteiger partial charge in [-0.3, -0.25) is 14.1 Å². The summed E-state index contributed by atoms with van der Waals surface area (Å²) in [6.45, 7) is 3.64. The third-order valence-electron chi connectivity index (χ3n) is 7.97. The molecule has 1 atom stereocenters. The molecule has 0 aliphatic heterocycles. The summed E-state index contributed by atoms with van der Waals surface area (Å²) in [5, 5.41) is 0. The molecule has 0 aromatic rings. The van der Waals surface area contributed by atoms with Gasteiger partial charge in [0.15, 0.2) is 6.10 Å². The number of rotatable bonds is 34. The molecule has 0 amide bonds. The fraction of sp³-hybridized carbons (Fsp3) is 0.838. The topological polar surface area (TPSA) is 119 Å². The second kappa shape index (κ2) is 36.8. The predicted octanol–water partition coefficient (Wildman–Crippen LogP) is 10.5. The van der Waals surface area contributed by atoms with Crippen molar-refractivity contribution in [2.24, 2.45) is 0 Å². The number of phosphoric acid groups is 1. The van der Waals surface area contributed by atoms with Gasteiger partial charge in [-0.05, 0) is 44.9 Å². The van der Waals surface area contributed by atoms with E-state index in [1.807, 2.05) is 0 Å². The van der Waals surface area contributed by atoms with Crippen molar-refractivity contribution in [3.05, 3.63) is 24.3 Å². The summed E-state index contributed by atoms with van der Waals surface area (Å²) in [5.74, 6) is -0.897. The molecular weight excluding hydrogens is 626 g/mol. The average molecular weight is 696 g/mol. The molecule has 0 fully saturated rings. The Bertz CT molecular complexity index is 814. The minimum Gasteiger partial charge on any atom is -0.462 e. The van der Waals surface area contributed by atoms with Crippen LogP contribution in [-0.4, -0.2) is 70.6 Å². The Morgan fingerprint density at radius 1 is 0.574 bits per heavy atom. The molecule has 0 unspecified atom stereocenters. The zero-order chi connectivity index (χ0) is 34.0. The Morgan fingerprint density at radius 2 is 0.979 bits per heavy atom. The maximum absolute atomic E-state index is 12.3. The van der Waals surface area contributed by atoms with Gasteiger partial charge in [0.1, 0.15) is 6.61 Å². The van der Waals surface area contributed by atoms with Gasteiger partial charge in [-0.15, -0.1) is 0 Å². The van der Waals surface area contributed by atoms with E-state index in [2.05, 4.69) is 42.7 Å². The monoisotopic (exact) mass is 695 g/mol. The van der Waals surface area contributed by atoms with Crippen molar-refractivity contribution in [3.63, 3.8) is 0 Å². The first-order valence-electron chi connectivity index (χ1n) is 18.6. The van der Waals surface area contributed by atoms with E-state index in [4.69, 9.17) is 19.3 Å². The molecule has 0 saturated carbocycles. The van der Waals surface area contributed by atoms with Crippen molar-refractivity contribution in [1.29, 1.82) is 0 Å². The molecular formula is C37H69NaO8P. The number of hydrogen-bond donors (Lipinski definition) is 2. The molecule has 0 rings (SSSR count). The van der Waals surface area contributed by atoms with Gasteiger partial charge in [0, 0.05) is 42.4 Å². The Kier molecular flexibility index (Phi) is 38.1. The summed E-state index contributed by atoms with van der Waals surface area (Å²) < 4.78 is 26.3. The Morgan fingerprint density at radius 3 is 1.47 bits per heavy atom. The van der Waals surface area contributed by atoms with Crippen LogP contribution in [0.4, 0.5) is 0 Å². The van der Waals surface area contributed by atoms with Gasteiger partial charge in [0.05, 0.1) is 6.61 Å². The minimum absolute atomic E-state index is 0. The van der Waals surface area contributed by atoms with Crippen LogP contribution < -0.4 is 0 Å². The van der Waals surface area contributed by atoms with Crippen LogP contribution in [0, 0.1) is 0 Å². The Labute approximate surface area is 310 Å². The molecule has 0 aliphatic rings. The molecule has 0 heterocycles. The van der Waals surface area contributed by atoms with Gasteiger partial charge >= 0.3 is 19.8 Å². The standard InChI is InChI=1S/C37H69O8P.Na/c1-3-5-7-9-11-13-15-17-18-20-22-24-26-28-30-32-37(39)45-35(34-44-46(40,41)42)33-43-36(38)31-29-27-25-23-21-19-16-14-12-10-8-6-4-2;/h11,13,17-18,35H,3-10,12,14-16,19-34H2,1-2H3,(H2,40,41,42);/b13-11-,18-17-;/t35-;/m1./s1. The normalized spacial score (nSPS) is 12.4. The van der Waals surface area contributed by atoms with Crippen molar-refractivity contribution in [3.8, 4) is 0 Å². The van der Waals surface area contributed by atoms with Crippen LogP contribution >= 0.6 is 7.82 Å². The van der Waals surface area contributed by atoms with Crippen molar-refractivity contribution >= 4 is 49.3 Å². The summed E-state index contributed by atoms with van der Waals surface area (Å²) in [7, 11) is -4.75. The van der Waals surface area contributed by atoms with E-state index in [0.717, 1.165) is 57.8 Å². The fourth-order valence-corrected chi connectivity index (χ4v) is 5.53. The van der Waals surface area contributed by atoms with Gasteiger partial charge < -0.3 is 19.3 Å². The number of esters is 2. The van der Waals surface area contributed by atoms with Crippen molar-refractivity contribution in [2.75, 3.05) is 13.2 Å². The van der Waals surface area contributed by atoms with Gasteiger partial charge in [-0.1, -0.05) is 147 Å². The van der Waals surface area contributed by atoms with Crippen molar-refractivity contribution in [1.82, 2.24) is 0 Å². The van der Waals surface area contributed by atoms with Crippen molar-refractivity contribution in [2.45, 2.75) is 187 Å². The molecule has 0 bridgehead atoms. The minimum atomic E-state index is -4.75. The van der Waals surface area contributed by atoms with Crippen LogP contribution in [-0.2, 0) is 28.2 Å². The molecule has 47 heavy (non-hydrogen) atoms. The average Bonchev–Trinajstić information content (AvgIpc) is 3.02. The van der Waals surface area contributed by atoms with Crippen LogP contribution in [0.15, 0.2) is 24.3 Å². The number of phosphoric ester groups is 1. The molecule has 0 aromatic heterocycles. The van der Waals surface area contributed by atoms with E-state index in [1.54, 1.807) is 0 Å². The molecule has 1 radical (unpaired) electrons. The van der Waals surface area contributed by atoms with E-state index >= 15 is 0 Å². The van der Waals surface area contributed by atoms with Gasteiger partial charge in [-0.25, -0.2) is 4.57 Å². The number of hydrogen-bond acceptors (Lipinski definition) is 6. The van der Waals surface area contributed by atoms with Crippen LogP contribution in [0.2, 0.25) is 0 Å². The summed E-state index contributed by atoms with van der Waals surface area (Å²) in [6, 6.07) is 0. The van der Waals surface area contributed by atoms with E-state index in [9.17, 15) is 14.2 Å². The summed E-state index contributed by atoms with van der Waals surface area (Å²) in [5.41, 5.74) is 0. The van der Waals surface area contributed by atoms with E-state index in [1.165, 1.54) is 89.9 Å². The fourth-order valence-electron chi connectivity index (χ4n) is 5.17. The second-order valence-electron chi connectivity index (χ2n) is 12.6. The van der Waals surface area contributed by atoms with Gasteiger partial charge in [-0.2, -0.15) is 0 Å². The SMILES string of the molecule is CCCCC/C=C\C/C=C\CCCCCCCC(=O)O[C@H](COC(=O)CCCCCCCCCCCCCCC)COP(=O)(O)O.[Na]. The summed E-state index contributed by atoms with van der Waals surface area (Å²) >= 11 is 0. The molecule has 271 valence electrons. The molecule has 0 aromatic carbocycles. The van der Waals surface area contributed by atoms with Crippen LogP contribution in [0.3, 0.4) is 0 Å². The first kappa shape index (κ1) is 48.6. The third-order valence-corrected chi connectivity index (χ3v) is 8.46. The summed E-state index contributed by atoms with van der Waals surface area (Å²) in [4.78, 5) is 42.6. The predicted molar refractivity (Wildman–Crippen MR) is 194 cm³/mol. The molecule has 2 N–H and O–H groups in total. The first-order chi connectivity index (χ1) is 22.3. The number of carbonyl (C=O) groups excluding carboxylic acids is 2. The van der Waals surface area contributed by atoms with Crippen LogP contribution in [0.1, 0.15) is 181 Å². The number of allylic oxidation sites excluding steroid dienone is 4. The molecule has 0 saturated heterocycles. The molecule has 10 heteroatoms. The number of unbranched alkanes of at least 4 members (excludes halogenated alkanes) is 20. The van der Waals surface area contributed by atoms with Gasteiger partial charge in [0.2, 0.25) is 0 Å². The largest absolute Gasteiger partial charge is 0.469 e. The van der Waals surface area contributed by atoms with E-state index in [0.29, 0.717) is 6.42 Å². The molecule has 0 spiro atoms. The smallest absolute Gasteiger partial charge is 0.462 e. The van der Waals surface area contributed by atoms with Crippen molar-refractivity contribution < 1.29 is 37.9 Å². The maximum atomic E-state index is 12.3. The molecule has 8 nitrogen and oxygen atoms in total. The van der Waals surface area contributed by atoms with Gasteiger partial charge in [0.25, 0.3) is 0 Å². The van der Waals surface area contributed by atoms with Crippen LogP contribution in [0.25, 0.3) is 0 Å². The Balaban J connectivity index is 0. The van der Waals surface area contributed by atoms with E-state index < -0.39 is 32.5 Å². The van der Waals surface area contributed by atoms with Crippen LogP contribution in [0.5, 0.6) is 0 Å². The maximum Gasteiger partial charge on any atom is 0.469 e. The third kappa shape index (κ3) is 39.8. The Hall–Kier alpha value is -0.470. The zero-order valence-corrected chi connectivity index (χ0v) is 33.4. The second-order valence-corrected chi connectivity index (χ2v) is 13.8. The number of ether oxygens (including phenoxy) is 2. The number of carbonyl (C=O) groups is 2.